The first-order valence-corrected chi connectivity index (χ1v) is 8.85. The Bertz CT molecular complexity index is 507. The van der Waals surface area contributed by atoms with Gasteiger partial charge >= 0.3 is 0 Å². The van der Waals surface area contributed by atoms with Crippen LogP contribution in [0.3, 0.4) is 0 Å². The molecule has 1 saturated carbocycles. The van der Waals surface area contributed by atoms with Crippen LogP contribution >= 0.6 is 27.7 Å². The first-order chi connectivity index (χ1) is 9.52. The van der Waals surface area contributed by atoms with Crippen molar-refractivity contribution >= 4 is 39.3 Å². The molecule has 20 heavy (non-hydrogen) atoms. The molecule has 0 spiro atoms. The fourth-order valence-corrected chi connectivity index (χ4v) is 4.36. The third kappa shape index (κ3) is 3.50. The number of benzene rings is 1. The summed E-state index contributed by atoms with van der Waals surface area (Å²) < 4.78 is 0.844. The lowest BCUT2D eigenvalue weighted by molar-refractivity contribution is 0.0938. The lowest BCUT2D eigenvalue weighted by Gasteiger charge is -2.21. The van der Waals surface area contributed by atoms with Gasteiger partial charge in [-0.1, -0.05) is 29.3 Å². The van der Waals surface area contributed by atoms with Gasteiger partial charge in [-0.15, -0.1) is 0 Å². The van der Waals surface area contributed by atoms with Gasteiger partial charge < -0.3 is 11.1 Å². The molecule has 1 aromatic carbocycles. The van der Waals surface area contributed by atoms with Crippen LogP contribution in [0.4, 0.5) is 5.69 Å². The quantitative estimate of drug-likeness (QED) is 0.807. The number of thioether (sulfide) groups is 1. The molecule has 1 aliphatic rings. The number of amides is 1. The highest BCUT2D eigenvalue weighted by Gasteiger charge is 2.29. The Morgan fingerprint density at radius 2 is 2.25 bits per heavy atom. The van der Waals surface area contributed by atoms with E-state index in [1.165, 1.54) is 12.8 Å². The van der Waals surface area contributed by atoms with Crippen LogP contribution in [0.1, 0.15) is 42.1 Å². The Morgan fingerprint density at radius 1 is 1.50 bits per heavy atom. The van der Waals surface area contributed by atoms with E-state index in [2.05, 4.69) is 28.2 Å². The molecule has 5 heteroatoms. The second-order valence-electron chi connectivity index (χ2n) is 5.17. The molecule has 2 unspecified atom stereocenters. The molecule has 0 saturated heterocycles. The van der Waals surface area contributed by atoms with Crippen LogP contribution in [0, 0.1) is 6.92 Å². The number of hydrogen-bond acceptors (Lipinski definition) is 3. The second kappa shape index (κ2) is 6.85. The molecule has 110 valence electrons. The molecule has 0 bridgehead atoms. The highest BCUT2D eigenvalue weighted by Crippen LogP contribution is 2.30. The molecule has 1 amide bonds. The SMILES string of the molecule is CCSC1CCCC1NC(=O)c1cc(Br)cc(N)c1C. The molecule has 0 aromatic heterocycles. The largest absolute Gasteiger partial charge is 0.398 e. The van der Waals surface area contributed by atoms with Crippen molar-refractivity contribution in [3.8, 4) is 0 Å². The molecule has 1 fully saturated rings. The van der Waals surface area contributed by atoms with Crippen LogP contribution in [0.15, 0.2) is 16.6 Å². The smallest absolute Gasteiger partial charge is 0.251 e. The van der Waals surface area contributed by atoms with Crippen molar-refractivity contribution in [3.05, 3.63) is 27.7 Å². The van der Waals surface area contributed by atoms with Crippen molar-refractivity contribution in [2.75, 3.05) is 11.5 Å². The lowest BCUT2D eigenvalue weighted by atomic mass is 10.1. The predicted molar refractivity (Wildman–Crippen MR) is 90.3 cm³/mol. The van der Waals surface area contributed by atoms with E-state index in [9.17, 15) is 4.79 Å². The molecule has 3 nitrogen and oxygen atoms in total. The predicted octanol–water partition coefficient (Wildman–Crippen LogP) is 3.74. The fraction of sp³-hybridized carbons (Fsp3) is 0.533. The standard InChI is InChI=1S/C15H21BrN2OS/c1-3-20-14-6-4-5-13(14)18-15(19)11-7-10(16)8-12(17)9(11)2/h7-8,13-14H,3-6,17H2,1-2H3,(H,18,19). The molecule has 1 aromatic rings. The number of rotatable bonds is 4. The molecule has 3 N–H and O–H groups in total. The van der Waals surface area contributed by atoms with Crippen molar-refractivity contribution < 1.29 is 4.79 Å². The van der Waals surface area contributed by atoms with Gasteiger partial charge in [0.25, 0.3) is 5.91 Å². The Hall–Kier alpha value is -0.680. The number of carbonyl (C=O) groups is 1. The highest BCUT2D eigenvalue weighted by atomic mass is 79.9. The maximum Gasteiger partial charge on any atom is 0.251 e. The third-order valence-corrected chi connectivity index (χ3v) is 5.59. The van der Waals surface area contributed by atoms with Gasteiger partial charge in [0.15, 0.2) is 0 Å². The first kappa shape index (κ1) is 15.7. The number of nitrogens with one attached hydrogen (secondary N) is 1. The minimum Gasteiger partial charge on any atom is -0.398 e. The summed E-state index contributed by atoms with van der Waals surface area (Å²) in [6, 6.07) is 3.96. The van der Waals surface area contributed by atoms with Crippen LogP contribution < -0.4 is 11.1 Å². The summed E-state index contributed by atoms with van der Waals surface area (Å²) in [5, 5.41) is 3.74. The Labute approximate surface area is 133 Å². The number of anilines is 1. The summed E-state index contributed by atoms with van der Waals surface area (Å²) in [6.45, 7) is 4.06. The highest BCUT2D eigenvalue weighted by molar-refractivity contribution is 9.10. The number of nitrogen functional groups attached to an aromatic ring is 1. The van der Waals surface area contributed by atoms with Crippen molar-refractivity contribution in [2.24, 2.45) is 0 Å². The van der Waals surface area contributed by atoms with Crippen LogP contribution in [-0.2, 0) is 0 Å². The van der Waals surface area contributed by atoms with Gasteiger partial charge in [0.05, 0.1) is 0 Å². The Morgan fingerprint density at radius 3 is 2.95 bits per heavy atom. The van der Waals surface area contributed by atoms with E-state index < -0.39 is 0 Å². The third-order valence-electron chi connectivity index (χ3n) is 3.81. The van der Waals surface area contributed by atoms with Gasteiger partial charge in [-0.3, -0.25) is 4.79 Å². The zero-order valence-corrected chi connectivity index (χ0v) is 14.3. The van der Waals surface area contributed by atoms with Gasteiger partial charge in [-0.2, -0.15) is 11.8 Å². The first-order valence-electron chi connectivity index (χ1n) is 7.01. The van der Waals surface area contributed by atoms with Crippen molar-refractivity contribution in [3.63, 3.8) is 0 Å². The molecule has 0 radical (unpaired) electrons. The summed E-state index contributed by atoms with van der Waals surface area (Å²) in [5.41, 5.74) is 8.10. The summed E-state index contributed by atoms with van der Waals surface area (Å²) in [4.78, 5) is 12.5. The van der Waals surface area contributed by atoms with E-state index in [1.807, 2.05) is 30.8 Å². The number of nitrogens with two attached hydrogens (primary N) is 1. The van der Waals surface area contributed by atoms with Crippen LogP contribution in [0.25, 0.3) is 0 Å². The minimum absolute atomic E-state index is 0.0101. The summed E-state index contributed by atoms with van der Waals surface area (Å²) in [7, 11) is 0. The maximum absolute atomic E-state index is 12.5. The normalized spacial score (nSPS) is 21.9. The average Bonchev–Trinajstić information content (AvgIpc) is 2.81. The molecule has 0 aliphatic heterocycles. The zero-order chi connectivity index (χ0) is 14.7. The van der Waals surface area contributed by atoms with Gasteiger partial charge in [0, 0.05) is 27.0 Å². The molecule has 2 atom stereocenters. The summed E-state index contributed by atoms with van der Waals surface area (Å²) >= 11 is 5.35. The van der Waals surface area contributed by atoms with E-state index in [4.69, 9.17) is 5.73 Å². The number of carbonyl (C=O) groups excluding carboxylic acids is 1. The minimum atomic E-state index is -0.0101. The molecule has 2 rings (SSSR count). The van der Waals surface area contributed by atoms with E-state index in [1.54, 1.807) is 0 Å². The maximum atomic E-state index is 12.5. The summed E-state index contributed by atoms with van der Waals surface area (Å²) in [6.07, 6.45) is 3.47. The zero-order valence-electron chi connectivity index (χ0n) is 11.9. The number of hydrogen-bond donors (Lipinski definition) is 2. The van der Waals surface area contributed by atoms with Crippen LogP contribution in [0.5, 0.6) is 0 Å². The molecular weight excluding hydrogens is 336 g/mol. The lowest BCUT2D eigenvalue weighted by Crippen LogP contribution is -2.39. The van der Waals surface area contributed by atoms with Gasteiger partial charge in [-0.05, 0) is 43.2 Å². The van der Waals surface area contributed by atoms with E-state index in [0.717, 1.165) is 22.2 Å². The van der Waals surface area contributed by atoms with Gasteiger partial charge in [0.2, 0.25) is 0 Å². The average molecular weight is 357 g/mol. The van der Waals surface area contributed by atoms with Crippen molar-refractivity contribution in [1.29, 1.82) is 0 Å². The van der Waals surface area contributed by atoms with Gasteiger partial charge in [0.1, 0.15) is 0 Å². The second-order valence-corrected chi connectivity index (χ2v) is 7.60. The van der Waals surface area contributed by atoms with E-state index in [0.29, 0.717) is 16.5 Å². The summed E-state index contributed by atoms with van der Waals surface area (Å²) in [5.74, 6) is 1.09. The Balaban J connectivity index is 2.12. The van der Waals surface area contributed by atoms with Crippen LogP contribution in [-0.4, -0.2) is 23.0 Å². The van der Waals surface area contributed by atoms with Crippen molar-refractivity contribution in [1.82, 2.24) is 5.32 Å². The number of halogens is 1. The fourth-order valence-electron chi connectivity index (χ4n) is 2.69. The monoisotopic (exact) mass is 356 g/mol. The molecule has 0 heterocycles. The van der Waals surface area contributed by atoms with Crippen LogP contribution in [0.2, 0.25) is 0 Å². The molecule has 1 aliphatic carbocycles. The van der Waals surface area contributed by atoms with Gasteiger partial charge in [-0.25, -0.2) is 0 Å². The Kier molecular flexibility index (Phi) is 5.38. The van der Waals surface area contributed by atoms with E-state index in [-0.39, 0.29) is 11.9 Å². The topological polar surface area (TPSA) is 55.1 Å². The van der Waals surface area contributed by atoms with Crippen molar-refractivity contribution in [2.45, 2.75) is 44.4 Å². The van der Waals surface area contributed by atoms with E-state index >= 15 is 0 Å². The molecular formula is C15H21BrN2OS.